The number of nitrogens with one attached hydrogen (secondary N) is 1. The van der Waals surface area contributed by atoms with Gasteiger partial charge >= 0.3 is 0 Å². The van der Waals surface area contributed by atoms with Crippen molar-refractivity contribution in [3.8, 4) is 0 Å². The van der Waals surface area contributed by atoms with Gasteiger partial charge in [-0.1, -0.05) is 13.8 Å². The average molecular weight is 387 g/mol. The lowest BCUT2D eigenvalue weighted by molar-refractivity contribution is 0.140. The molecule has 0 amide bonds. The minimum Gasteiger partial charge on any atom is -0.357 e. The molecule has 0 aromatic carbocycles. The Morgan fingerprint density at radius 3 is 2.46 bits per heavy atom. The Kier molecular flexibility index (Phi) is 7.36. The van der Waals surface area contributed by atoms with Gasteiger partial charge in [0.05, 0.1) is 10.5 Å². The number of sulfone groups is 1. The van der Waals surface area contributed by atoms with E-state index in [1.807, 2.05) is 13.8 Å². The van der Waals surface area contributed by atoms with Crippen molar-refractivity contribution < 1.29 is 8.42 Å². The van der Waals surface area contributed by atoms with Crippen molar-refractivity contribution in [3.63, 3.8) is 0 Å². The molecule has 2 heterocycles. The number of nitrogens with zero attached hydrogens (tertiary/aromatic N) is 3. The van der Waals surface area contributed by atoms with E-state index in [4.69, 9.17) is 4.99 Å². The fourth-order valence-corrected chi connectivity index (χ4v) is 5.57. The number of hydrogen-bond donors (Lipinski definition) is 1. The zero-order valence-corrected chi connectivity index (χ0v) is 18.1. The minimum atomic E-state index is -3.02. The Morgan fingerprint density at radius 2 is 1.88 bits per heavy atom. The highest BCUT2D eigenvalue weighted by Crippen LogP contribution is 2.24. The van der Waals surface area contributed by atoms with Crippen LogP contribution in [0.2, 0.25) is 0 Å². The van der Waals surface area contributed by atoms with Gasteiger partial charge in [0.15, 0.2) is 15.8 Å². The van der Waals surface area contributed by atoms with Crippen LogP contribution >= 0.6 is 0 Å². The van der Waals surface area contributed by atoms with E-state index in [0.717, 1.165) is 43.9 Å². The third-order valence-electron chi connectivity index (χ3n) is 5.52. The van der Waals surface area contributed by atoms with Gasteiger partial charge in [-0.15, -0.1) is 0 Å². The molecule has 0 aromatic heterocycles. The monoisotopic (exact) mass is 386 g/mol. The van der Waals surface area contributed by atoms with Crippen molar-refractivity contribution in [1.82, 2.24) is 15.1 Å². The van der Waals surface area contributed by atoms with Gasteiger partial charge in [-0.05, 0) is 52.0 Å². The summed E-state index contributed by atoms with van der Waals surface area (Å²) in [7, 11) is -3.02. The Labute approximate surface area is 160 Å². The highest BCUT2D eigenvalue weighted by Gasteiger charge is 2.40. The maximum absolute atomic E-state index is 12.2. The molecular weight excluding hydrogens is 348 g/mol. The van der Waals surface area contributed by atoms with Crippen molar-refractivity contribution in [1.29, 1.82) is 0 Å². The number of rotatable bonds is 5. The quantitative estimate of drug-likeness (QED) is 0.444. The maximum atomic E-state index is 12.2. The van der Waals surface area contributed by atoms with E-state index in [-0.39, 0.29) is 5.75 Å². The molecule has 2 aliphatic rings. The minimum absolute atomic E-state index is 0.202. The molecule has 2 atom stereocenters. The molecule has 2 unspecified atom stereocenters. The van der Waals surface area contributed by atoms with E-state index >= 15 is 0 Å². The third-order valence-corrected chi connectivity index (χ3v) is 8.05. The fourth-order valence-electron chi connectivity index (χ4n) is 4.20. The average Bonchev–Trinajstić information content (AvgIpc) is 2.52. The first-order chi connectivity index (χ1) is 12.1. The zero-order valence-electron chi connectivity index (χ0n) is 17.3. The van der Waals surface area contributed by atoms with Crippen molar-refractivity contribution in [2.75, 3.05) is 51.6 Å². The summed E-state index contributed by atoms with van der Waals surface area (Å²) in [5.41, 5.74) is 0. The second-order valence-corrected chi connectivity index (χ2v) is 11.5. The summed E-state index contributed by atoms with van der Waals surface area (Å²) in [6, 6.07) is 0. The van der Waals surface area contributed by atoms with Crippen LogP contribution in [0.3, 0.4) is 0 Å². The van der Waals surface area contributed by atoms with Crippen LogP contribution in [-0.2, 0) is 9.84 Å². The first kappa shape index (κ1) is 21.5. The summed E-state index contributed by atoms with van der Waals surface area (Å²) >= 11 is 0. The SMILES string of the molecule is CCNC(=NCCCN1CC(C)CC(C)C1)N1CCS(=O)(=O)C(C)(C)C1. The molecule has 0 saturated carbocycles. The maximum Gasteiger partial charge on any atom is 0.193 e. The summed E-state index contributed by atoms with van der Waals surface area (Å²) in [5, 5.41) is 3.34. The van der Waals surface area contributed by atoms with Gasteiger partial charge in [0.25, 0.3) is 0 Å². The lowest BCUT2D eigenvalue weighted by Gasteiger charge is -2.39. The first-order valence-electron chi connectivity index (χ1n) is 10.1. The summed E-state index contributed by atoms with van der Waals surface area (Å²) in [4.78, 5) is 9.46. The molecule has 6 nitrogen and oxygen atoms in total. The second kappa shape index (κ2) is 8.91. The standard InChI is InChI=1S/C19H38N4O2S/c1-6-20-18(23-10-11-26(24,25)19(4,5)15-23)21-8-7-9-22-13-16(2)12-17(3)14-22/h16-17H,6-15H2,1-5H3,(H,20,21). The molecule has 0 bridgehead atoms. The molecule has 2 aliphatic heterocycles. The fraction of sp³-hybridized carbons (Fsp3) is 0.947. The summed E-state index contributed by atoms with van der Waals surface area (Å²) in [5.74, 6) is 2.64. The Bertz CT molecular complexity index is 578. The Balaban J connectivity index is 1.89. The smallest absolute Gasteiger partial charge is 0.193 e. The van der Waals surface area contributed by atoms with E-state index in [2.05, 4.69) is 35.9 Å². The molecule has 1 N–H and O–H groups in total. The van der Waals surface area contributed by atoms with Crippen molar-refractivity contribution in [2.45, 2.75) is 52.2 Å². The molecule has 7 heteroatoms. The molecule has 0 aromatic rings. The van der Waals surface area contributed by atoms with Crippen LogP contribution < -0.4 is 5.32 Å². The van der Waals surface area contributed by atoms with Crippen LogP contribution in [0.5, 0.6) is 0 Å². The molecular formula is C19H38N4O2S. The molecule has 2 fully saturated rings. The van der Waals surface area contributed by atoms with Gasteiger partial charge in [-0.25, -0.2) is 8.42 Å². The molecule has 26 heavy (non-hydrogen) atoms. The summed E-state index contributed by atoms with van der Waals surface area (Å²) < 4.78 is 23.7. The van der Waals surface area contributed by atoms with Crippen LogP contribution in [0.1, 0.15) is 47.5 Å². The van der Waals surface area contributed by atoms with E-state index in [0.29, 0.717) is 13.1 Å². The van der Waals surface area contributed by atoms with Crippen LogP contribution in [-0.4, -0.2) is 80.5 Å². The van der Waals surface area contributed by atoms with Gasteiger partial charge < -0.3 is 15.1 Å². The lowest BCUT2D eigenvalue weighted by atomic mass is 9.92. The topological polar surface area (TPSA) is 65.0 Å². The van der Waals surface area contributed by atoms with Crippen LogP contribution in [0.15, 0.2) is 4.99 Å². The van der Waals surface area contributed by atoms with Crippen molar-refractivity contribution in [2.24, 2.45) is 16.8 Å². The number of hydrogen-bond acceptors (Lipinski definition) is 4. The largest absolute Gasteiger partial charge is 0.357 e. The van der Waals surface area contributed by atoms with E-state index in [1.165, 1.54) is 19.5 Å². The Morgan fingerprint density at radius 1 is 1.23 bits per heavy atom. The van der Waals surface area contributed by atoms with Crippen molar-refractivity contribution in [3.05, 3.63) is 0 Å². The predicted octanol–water partition coefficient (Wildman–Crippen LogP) is 1.83. The van der Waals surface area contributed by atoms with Crippen molar-refractivity contribution >= 4 is 15.8 Å². The van der Waals surface area contributed by atoms with Crippen LogP contribution in [0.25, 0.3) is 0 Å². The molecule has 152 valence electrons. The van der Waals surface area contributed by atoms with Gasteiger partial charge in [-0.2, -0.15) is 0 Å². The highest BCUT2D eigenvalue weighted by molar-refractivity contribution is 7.92. The number of likely N-dealkylation sites (tertiary alicyclic amines) is 1. The normalized spacial score (nSPS) is 29.6. The predicted molar refractivity (Wildman–Crippen MR) is 109 cm³/mol. The number of guanidine groups is 1. The third kappa shape index (κ3) is 5.59. The zero-order chi connectivity index (χ0) is 19.4. The van der Waals surface area contributed by atoms with E-state index in [9.17, 15) is 8.42 Å². The van der Waals surface area contributed by atoms with Crippen LogP contribution in [0, 0.1) is 11.8 Å². The second-order valence-electron chi connectivity index (χ2n) is 8.79. The molecule has 2 saturated heterocycles. The van der Waals surface area contributed by atoms with Crippen LogP contribution in [0.4, 0.5) is 0 Å². The molecule has 0 spiro atoms. The van der Waals surface area contributed by atoms with Gasteiger partial charge in [0.2, 0.25) is 0 Å². The van der Waals surface area contributed by atoms with E-state index in [1.54, 1.807) is 0 Å². The number of piperidine rings is 1. The number of aliphatic imine (C=N–C) groups is 1. The highest BCUT2D eigenvalue weighted by atomic mass is 32.2. The molecule has 0 radical (unpaired) electrons. The Hall–Kier alpha value is -0.820. The summed E-state index contributed by atoms with van der Waals surface area (Å²) in [6.07, 6.45) is 2.39. The van der Waals surface area contributed by atoms with Gasteiger partial charge in [0, 0.05) is 39.3 Å². The molecule has 2 rings (SSSR count). The van der Waals surface area contributed by atoms with Gasteiger partial charge in [-0.3, -0.25) is 4.99 Å². The first-order valence-corrected chi connectivity index (χ1v) is 11.8. The summed E-state index contributed by atoms with van der Waals surface area (Å²) in [6.45, 7) is 16.5. The van der Waals surface area contributed by atoms with Gasteiger partial charge in [0.1, 0.15) is 0 Å². The molecule has 0 aliphatic carbocycles. The van der Waals surface area contributed by atoms with E-state index < -0.39 is 14.6 Å². The lowest BCUT2D eigenvalue weighted by Crippen LogP contribution is -2.57.